The first-order valence-electron chi connectivity index (χ1n) is 5.37. The van der Waals surface area contributed by atoms with Crippen LogP contribution in [0.25, 0.3) is 0 Å². The molecule has 0 N–H and O–H groups in total. The van der Waals surface area contributed by atoms with E-state index in [1.807, 2.05) is 6.08 Å². The third-order valence-corrected chi connectivity index (χ3v) is 1.97. The van der Waals surface area contributed by atoms with E-state index in [9.17, 15) is 0 Å². The van der Waals surface area contributed by atoms with Crippen molar-refractivity contribution in [2.24, 2.45) is 0 Å². The quantitative estimate of drug-likeness (QED) is 0.542. The molecule has 0 spiro atoms. The van der Waals surface area contributed by atoms with E-state index in [4.69, 9.17) is 0 Å². The predicted molar refractivity (Wildman–Crippen MR) is 60.7 cm³/mol. The first kappa shape index (κ1) is 12.3. The average molecular weight is 181 g/mol. The molecule has 1 heteroatoms. The lowest BCUT2D eigenvalue weighted by atomic mass is 10.2. The SMILES string of the molecule is C=C/C(=C\CC)N(CCC)CCC. The summed E-state index contributed by atoms with van der Waals surface area (Å²) >= 11 is 0. The van der Waals surface area contributed by atoms with E-state index in [1.165, 1.54) is 18.5 Å². The second-order valence-electron chi connectivity index (χ2n) is 3.23. The van der Waals surface area contributed by atoms with Gasteiger partial charge in [-0.3, -0.25) is 0 Å². The van der Waals surface area contributed by atoms with E-state index in [-0.39, 0.29) is 0 Å². The molecule has 1 nitrogen and oxygen atoms in total. The van der Waals surface area contributed by atoms with Crippen molar-refractivity contribution in [1.82, 2.24) is 4.90 Å². The van der Waals surface area contributed by atoms with Crippen molar-refractivity contribution in [3.63, 3.8) is 0 Å². The highest BCUT2D eigenvalue weighted by Crippen LogP contribution is 2.08. The molecule has 0 aromatic carbocycles. The Morgan fingerprint density at radius 2 is 1.69 bits per heavy atom. The fourth-order valence-electron chi connectivity index (χ4n) is 1.46. The molecular formula is C12H23N. The maximum absolute atomic E-state index is 3.86. The number of allylic oxidation sites excluding steroid dienone is 2. The first-order chi connectivity index (χ1) is 6.29. The zero-order valence-electron chi connectivity index (χ0n) is 9.34. The molecule has 0 rings (SSSR count). The maximum atomic E-state index is 3.86. The fourth-order valence-corrected chi connectivity index (χ4v) is 1.46. The summed E-state index contributed by atoms with van der Waals surface area (Å²) in [6.45, 7) is 12.7. The summed E-state index contributed by atoms with van der Waals surface area (Å²) in [7, 11) is 0. The Hall–Kier alpha value is -0.720. The minimum Gasteiger partial charge on any atom is -0.372 e. The van der Waals surface area contributed by atoms with Crippen LogP contribution in [0, 0.1) is 0 Å². The van der Waals surface area contributed by atoms with E-state index in [0.717, 1.165) is 19.5 Å². The van der Waals surface area contributed by atoms with Gasteiger partial charge < -0.3 is 4.90 Å². The van der Waals surface area contributed by atoms with Gasteiger partial charge in [0.1, 0.15) is 0 Å². The van der Waals surface area contributed by atoms with Crippen LogP contribution in [0.1, 0.15) is 40.0 Å². The summed E-state index contributed by atoms with van der Waals surface area (Å²) in [6, 6.07) is 0. The van der Waals surface area contributed by atoms with Gasteiger partial charge in [-0.15, -0.1) is 0 Å². The van der Waals surface area contributed by atoms with Crippen LogP contribution >= 0.6 is 0 Å². The van der Waals surface area contributed by atoms with Crippen molar-refractivity contribution in [3.8, 4) is 0 Å². The molecule has 0 radical (unpaired) electrons. The molecule has 0 aromatic rings. The van der Waals surface area contributed by atoms with Crippen molar-refractivity contribution < 1.29 is 0 Å². The van der Waals surface area contributed by atoms with E-state index in [1.54, 1.807) is 0 Å². The van der Waals surface area contributed by atoms with Crippen molar-refractivity contribution in [2.45, 2.75) is 40.0 Å². The maximum Gasteiger partial charge on any atom is 0.0319 e. The molecule has 0 aliphatic heterocycles. The van der Waals surface area contributed by atoms with E-state index in [2.05, 4.69) is 38.3 Å². The van der Waals surface area contributed by atoms with Gasteiger partial charge in [-0.1, -0.05) is 33.4 Å². The molecule has 0 fully saturated rings. The molecular weight excluding hydrogens is 158 g/mol. The molecule has 13 heavy (non-hydrogen) atoms. The molecule has 0 heterocycles. The predicted octanol–water partition coefficient (Wildman–Crippen LogP) is 3.59. The Labute approximate surface area is 83.1 Å². The van der Waals surface area contributed by atoms with Crippen LogP contribution in [-0.4, -0.2) is 18.0 Å². The summed E-state index contributed by atoms with van der Waals surface area (Å²) < 4.78 is 0. The van der Waals surface area contributed by atoms with Crippen LogP contribution in [0.4, 0.5) is 0 Å². The molecule has 0 amide bonds. The molecule has 0 aliphatic rings. The normalized spacial score (nSPS) is 11.5. The Morgan fingerprint density at radius 1 is 1.15 bits per heavy atom. The molecule has 0 saturated carbocycles. The van der Waals surface area contributed by atoms with Gasteiger partial charge in [0.15, 0.2) is 0 Å². The standard InChI is InChI=1S/C12H23N/c1-5-9-12(8-4)13(10-6-2)11-7-3/h8-9H,4-7,10-11H2,1-3H3/b12-9+. The van der Waals surface area contributed by atoms with E-state index >= 15 is 0 Å². The average Bonchev–Trinajstić information content (AvgIpc) is 2.14. The van der Waals surface area contributed by atoms with Gasteiger partial charge in [-0.2, -0.15) is 0 Å². The van der Waals surface area contributed by atoms with Crippen LogP contribution < -0.4 is 0 Å². The molecule has 0 aliphatic carbocycles. The Kier molecular flexibility index (Phi) is 7.47. The molecule has 0 aromatic heterocycles. The van der Waals surface area contributed by atoms with Crippen molar-refractivity contribution >= 4 is 0 Å². The highest BCUT2D eigenvalue weighted by molar-refractivity contribution is 5.14. The topological polar surface area (TPSA) is 3.24 Å². The zero-order chi connectivity index (χ0) is 10.1. The molecule has 0 bridgehead atoms. The third kappa shape index (κ3) is 4.76. The largest absolute Gasteiger partial charge is 0.372 e. The highest BCUT2D eigenvalue weighted by Gasteiger charge is 2.02. The number of hydrogen-bond acceptors (Lipinski definition) is 1. The van der Waals surface area contributed by atoms with Crippen molar-refractivity contribution in [2.75, 3.05) is 13.1 Å². The Morgan fingerprint density at radius 3 is 2.00 bits per heavy atom. The summed E-state index contributed by atoms with van der Waals surface area (Å²) in [5.74, 6) is 0. The molecule has 0 saturated heterocycles. The van der Waals surface area contributed by atoms with Gasteiger partial charge in [-0.05, 0) is 25.3 Å². The fraction of sp³-hybridized carbons (Fsp3) is 0.667. The number of rotatable bonds is 7. The smallest absolute Gasteiger partial charge is 0.0319 e. The van der Waals surface area contributed by atoms with Gasteiger partial charge in [0, 0.05) is 18.8 Å². The van der Waals surface area contributed by atoms with E-state index < -0.39 is 0 Å². The third-order valence-electron chi connectivity index (χ3n) is 1.97. The Balaban J connectivity index is 4.28. The lowest BCUT2D eigenvalue weighted by Gasteiger charge is -2.24. The lowest BCUT2D eigenvalue weighted by Crippen LogP contribution is -2.23. The van der Waals surface area contributed by atoms with E-state index in [0.29, 0.717) is 0 Å². The molecule has 0 unspecified atom stereocenters. The van der Waals surface area contributed by atoms with Gasteiger partial charge in [0.2, 0.25) is 0 Å². The highest BCUT2D eigenvalue weighted by atomic mass is 15.1. The van der Waals surface area contributed by atoms with Gasteiger partial charge in [0.05, 0.1) is 0 Å². The van der Waals surface area contributed by atoms with Gasteiger partial charge in [-0.25, -0.2) is 0 Å². The van der Waals surface area contributed by atoms with Gasteiger partial charge in [0.25, 0.3) is 0 Å². The monoisotopic (exact) mass is 181 g/mol. The summed E-state index contributed by atoms with van der Waals surface area (Å²) in [4.78, 5) is 2.41. The number of nitrogens with zero attached hydrogens (tertiary/aromatic N) is 1. The Bertz CT molecular complexity index is 153. The van der Waals surface area contributed by atoms with Crippen LogP contribution in [0.2, 0.25) is 0 Å². The summed E-state index contributed by atoms with van der Waals surface area (Å²) in [5.41, 5.74) is 1.30. The summed E-state index contributed by atoms with van der Waals surface area (Å²) in [6.07, 6.45) is 7.71. The van der Waals surface area contributed by atoms with Crippen LogP contribution in [0.15, 0.2) is 24.4 Å². The summed E-state index contributed by atoms with van der Waals surface area (Å²) in [5, 5.41) is 0. The molecule has 0 atom stereocenters. The zero-order valence-corrected chi connectivity index (χ0v) is 9.34. The minimum absolute atomic E-state index is 1.09. The van der Waals surface area contributed by atoms with Crippen molar-refractivity contribution in [1.29, 1.82) is 0 Å². The number of hydrogen-bond donors (Lipinski definition) is 0. The van der Waals surface area contributed by atoms with Crippen LogP contribution in [0.5, 0.6) is 0 Å². The van der Waals surface area contributed by atoms with Crippen LogP contribution in [0.3, 0.4) is 0 Å². The van der Waals surface area contributed by atoms with Crippen molar-refractivity contribution in [3.05, 3.63) is 24.4 Å². The second kappa shape index (κ2) is 7.90. The lowest BCUT2D eigenvalue weighted by molar-refractivity contribution is 0.353. The minimum atomic E-state index is 1.09. The first-order valence-corrected chi connectivity index (χ1v) is 5.37. The second-order valence-corrected chi connectivity index (χ2v) is 3.23. The molecule has 76 valence electrons. The van der Waals surface area contributed by atoms with Gasteiger partial charge >= 0.3 is 0 Å². The van der Waals surface area contributed by atoms with Crippen LogP contribution in [-0.2, 0) is 0 Å².